The van der Waals surface area contributed by atoms with E-state index in [1.54, 1.807) is 0 Å². The molecule has 28 rings (SSSR count). The molecule has 0 saturated carbocycles. The fourth-order valence-electron chi connectivity index (χ4n) is 22.3. The molecule has 0 atom stereocenters. The summed E-state index contributed by atoms with van der Waals surface area (Å²) in [5.41, 5.74) is 33.0. The highest BCUT2D eigenvalue weighted by Crippen LogP contribution is 2.50. The number of anilines is 9. The van der Waals surface area contributed by atoms with Gasteiger partial charge in [0.2, 0.25) is 0 Å². The van der Waals surface area contributed by atoms with Crippen LogP contribution in [0.5, 0.6) is 0 Å². The van der Waals surface area contributed by atoms with Crippen molar-refractivity contribution in [3.05, 3.63) is 516 Å². The maximum absolute atomic E-state index is 5.95. The lowest BCUT2D eigenvalue weighted by Gasteiger charge is -2.27. The van der Waals surface area contributed by atoms with Crippen LogP contribution >= 0.6 is 0 Å². The Bertz CT molecular complexity index is 8460. The fraction of sp³-hybridized carbons (Fsp3) is 0. The van der Waals surface area contributed by atoms with E-state index >= 15 is 0 Å². The van der Waals surface area contributed by atoms with Crippen LogP contribution in [0.2, 0.25) is 0 Å². The van der Waals surface area contributed by atoms with Gasteiger partial charge < -0.3 is 42.1 Å². The normalized spacial score (nSPS) is 11.8. The van der Waals surface area contributed by atoms with Crippen molar-refractivity contribution in [3.63, 3.8) is 0 Å². The minimum absolute atomic E-state index is 0.553. The van der Waals surface area contributed by atoms with Crippen molar-refractivity contribution < 1.29 is 0 Å². The van der Waals surface area contributed by atoms with E-state index < -0.39 is 0 Å². The SMILES string of the molecule is c1ccc(-n2c3ccccc3c3cc(N(c4cccc(-c5cc(-c6cccc(N(c7ccc8c(c7)c7ccccc7n8-c7ccccc7)c7ccc8c(c7)c7ccccc7n8-c7ccccc7)c6)nc(-c6cccc(N(c7ccc8c(c7)c7ccccc7n8-c7ccccc7)c7ccc8c(c7)c7ccccc7n8-c7ccccc7)c6)n5)c4)c4ccc5c(c4)c4ccccc4n5-c4ccccc4)ccc32)cc1. The van der Waals surface area contributed by atoms with E-state index in [2.05, 4.69) is 558 Å². The molecule has 0 amide bonds. The average Bonchev–Trinajstić information content (AvgIpc) is 1.60. The highest BCUT2D eigenvalue weighted by molar-refractivity contribution is 6.17. The van der Waals surface area contributed by atoms with E-state index in [9.17, 15) is 0 Å². The smallest absolute Gasteiger partial charge is 0.160 e. The van der Waals surface area contributed by atoms with Gasteiger partial charge in [0.15, 0.2) is 5.82 Å². The zero-order valence-electron chi connectivity index (χ0n) is 76.5. The van der Waals surface area contributed by atoms with Crippen LogP contribution in [0, 0.1) is 0 Å². The summed E-state index contributed by atoms with van der Waals surface area (Å²) < 4.78 is 14.3. The first-order valence-corrected chi connectivity index (χ1v) is 48.1. The maximum atomic E-state index is 5.95. The molecule has 0 radical (unpaired) electrons. The van der Waals surface area contributed by atoms with Gasteiger partial charge in [0.1, 0.15) is 0 Å². The Morgan fingerprint density at radius 1 is 0.128 bits per heavy atom. The minimum Gasteiger partial charge on any atom is -0.310 e. The van der Waals surface area contributed by atoms with Gasteiger partial charge >= 0.3 is 0 Å². The van der Waals surface area contributed by atoms with Crippen LogP contribution in [-0.4, -0.2) is 37.4 Å². The number of aromatic nitrogens is 8. The molecular formula is C130H85N11. The van der Waals surface area contributed by atoms with Gasteiger partial charge in [-0.2, -0.15) is 0 Å². The van der Waals surface area contributed by atoms with Crippen LogP contribution in [0.15, 0.2) is 516 Å². The number of benzene rings is 21. The van der Waals surface area contributed by atoms with E-state index in [0.29, 0.717) is 5.82 Å². The molecule has 0 bridgehead atoms. The summed E-state index contributed by atoms with van der Waals surface area (Å²) in [6.45, 7) is 0. The quantitative estimate of drug-likeness (QED) is 0.0856. The maximum Gasteiger partial charge on any atom is 0.160 e. The van der Waals surface area contributed by atoms with Crippen molar-refractivity contribution in [2.24, 2.45) is 0 Å². The number of hydrogen-bond donors (Lipinski definition) is 0. The van der Waals surface area contributed by atoms with Gasteiger partial charge in [-0.3, -0.25) is 0 Å². The van der Waals surface area contributed by atoms with Gasteiger partial charge in [-0.05, 0) is 261 Å². The van der Waals surface area contributed by atoms with E-state index in [4.69, 9.17) is 9.97 Å². The molecule has 7 aromatic heterocycles. The third-order valence-corrected chi connectivity index (χ3v) is 28.5. The van der Waals surface area contributed by atoms with E-state index in [1.807, 2.05) is 0 Å². The topological polar surface area (TPSA) is 65.1 Å². The molecule has 11 heteroatoms. The van der Waals surface area contributed by atoms with Crippen LogP contribution in [0.1, 0.15) is 0 Å². The highest BCUT2D eigenvalue weighted by atomic mass is 15.2. The summed E-state index contributed by atoms with van der Waals surface area (Å²) >= 11 is 0. The largest absolute Gasteiger partial charge is 0.310 e. The van der Waals surface area contributed by atoms with E-state index in [0.717, 1.165) is 244 Å². The molecule has 0 aliphatic rings. The van der Waals surface area contributed by atoms with Crippen molar-refractivity contribution in [1.82, 2.24) is 37.4 Å². The fourth-order valence-corrected chi connectivity index (χ4v) is 22.3. The van der Waals surface area contributed by atoms with Gasteiger partial charge in [-0.15, -0.1) is 0 Å². The Labute approximate surface area is 812 Å². The Kier molecular flexibility index (Phi) is 18.7. The Morgan fingerprint density at radius 2 is 0.305 bits per heavy atom. The lowest BCUT2D eigenvalue weighted by Crippen LogP contribution is -2.11. The molecule has 0 spiro atoms. The summed E-state index contributed by atoms with van der Waals surface area (Å²) in [4.78, 5) is 19.2. The average molecular weight is 1800 g/mol. The number of para-hydroxylation sites is 12. The minimum atomic E-state index is 0.553. The second kappa shape index (κ2) is 32.9. The first kappa shape index (κ1) is 80.4. The monoisotopic (exact) mass is 1800 g/mol. The van der Waals surface area contributed by atoms with Crippen molar-refractivity contribution in [1.29, 1.82) is 0 Å². The molecule has 0 saturated heterocycles. The van der Waals surface area contributed by atoms with Gasteiger partial charge in [-0.25, -0.2) is 9.97 Å². The first-order valence-electron chi connectivity index (χ1n) is 48.1. The first-order chi connectivity index (χ1) is 69.9. The van der Waals surface area contributed by atoms with Crippen molar-refractivity contribution >= 4 is 182 Å². The van der Waals surface area contributed by atoms with Crippen LogP contribution in [0.25, 0.3) is 199 Å². The molecule has 28 aromatic rings. The zero-order chi connectivity index (χ0) is 92.7. The molecule has 660 valence electrons. The Morgan fingerprint density at radius 3 is 0.525 bits per heavy atom. The zero-order valence-corrected chi connectivity index (χ0v) is 76.5. The molecule has 0 aliphatic carbocycles. The van der Waals surface area contributed by atoms with Crippen molar-refractivity contribution in [2.45, 2.75) is 0 Å². The number of nitrogens with zero attached hydrogens (tertiary/aromatic N) is 11. The summed E-state index contributed by atoms with van der Waals surface area (Å²) in [5.74, 6) is 0.553. The summed E-state index contributed by atoms with van der Waals surface area (Å²) in [6.07, 6.45) is 0. The summed E-state index contributed by atoms with van der Waals surface area (Å²) in [5, 5.41) is 13.8. The molecule has 0 unspecified atom stereocenters. The predicted molar refractivity (Wildman–Crippen MR) is 588 cm³/mol. The van der Waals surface area contributed by atoms with Crippen molar-refractivity contribution in [3.8, 4) is 68.0 Å². The Balaban J connectivity index is 0.666. The van der Waals surface area contributed by atoms with Gasteiger partial charge in [0.05, 0.1) is 77.6 Å². The van der Waals surface area contributed by atoms with Gasteiger partial charge in [0.25, 0.3) is 0 Å². The summed E-state index contributed by atoms with van der Waals surface area (Å²) in [7, 11) is 0. The number of fused-ring (bicyclic) bond motifs is 18. The highest BCUT2D eigenvalue weighted by Gasteiger charge is 2.28. The number of hydrogen-bond acceptors (Lipinski definition) is 5. The third-order valence-electron chi connectivity index (χ3n) is 28.5. The van der Waals surface area contributed by atoms with Gasteiger partial charge in [-0.1, -0.05) is 255 Å². The van der Waals surface area contributed by atoms with Gasteiger partial charge in [0, 0.05) is 167 Å². The Hall–Kier alpha value is -19.1. The molecule has 0 N–H and O–H groups in total. The molecule has 11 nitrogen and oxygen atoms in total. The van der Waals surface area contributed by atoms with Crippen LogP contribution in [-0.2, 0) is 0 Å². The second-order valence-corrected chi connectivity index (χ2v) is 36.5. The molecule has 7 heterocycles. The van der Waals surface area contributed by atoms with Crippen LogP contribution in [0.4, 0.5) is 51.2 Å². The molecular weight excluding hydrogens is 1720 g/mol. The summed E-state index contributed by atoms with van der Waals surface area (Å²) in [6, 6.07) is 188. The second-order valence-electron chi connectivity index (χ2n) is 36.5. The molecule has 0 fully saturated rings. The third kappa shape index (κ3) is 13.3. The standard InChI is InChI=1S/C130H85N11/c1-7-37-89(38-8-1)136-118-58-25-19-52-104(118)110-79-98(64-70-124(110)136)133(99-65-71-125-111(80-99)105-53-20-26-59-119(105)137(125)90-39-9-2-10-40-90)95-49-31-34-86(76-95)116-85-117(87-35-32-50-96(77-87)134(100-66-72-126-112(81-100)106-54-21-27-60-120(106)138(126)91-41-11-3-12-42-91)101-67-73-127-113(82-101)107-55-22-28-61-121(107)139(127)92-43-13-4-14-44-92)132-130(131-116)88-36-33-51-97(78-88)135(102-68-74-128-114(83-102)108-56-23-29-62-122(108)140(128)93-45-15-5-16-46-93)103-69-75-129-115(84-103)109-57-24-30-63-123(109)141(129)94-47-17-6-18-48-94/h1-85H. The predicted octanol–water partition coefficient (Wildman–Crippen LogP) is 34.5. The molecule has 21 aromatic carbocycles. The lowest BCUT2D eigenvalue weighted by atomic mass is 10.0. The van der Waals surface area contributed by atoms with E-state index in [1.165, 1.54) is 0 Å². The molecule has 0 aliphatic heterocycles. The van der Waals surface area contributed by atoms with Crippen molar-refractivity contribution in [2.75, 3.05) is 14.7 Å². The van der Waals surface area contributed by atoms with Crippen LogP contribution < -0.4 is 14.7 Å². The number of rotatable bonds is 18. The molecule has 141 heavy (non-hydrogen) atoms. The lowest BCUT2D eigenvalue weighted by molar-refractivity contribution is 1.17. The van der Waals surface area contributed by atoms with Crippen LogP contribution in [0.3, 0.4) is 0 Å². The van der Waals surface area contributed by atoms with E-state index in [-0.39, 0.29) is 0 Å².